The molecule has 0 bridgehead atoms. The van der Waals surface area contributed by atoms with Crippen molar-refractivity contribution in [3.8, 4) is 0 Å². The van der Waals surface area contributed by atoms with Gasteiger partial charge in [-0.1, -0.05) is 99.6 Å². The minimum Gasteiger partial charge on any atom is -0.288 e. The van der Waals surface area contributed by atoms with Gasteiger partial charge in [0.15, 0.2) is 5.78 Å². The molecule has 3 aromatic carbocycles. The molecule has 3 nitrogen and oxygen atoms in total. The number of carbonyl (C=O) groups excluding carboxylic acids is 2. The first-order valence-electron chi connectivity index (χ1n) is 11.7. The molecule has 0 saturated heterocycles. The molecule has 0 aliphatic heterocycles. The number of rotatable bonds is 8. The quantitative estimate of drug-likeness (QED) is 0.217. The second-order valence-electron chi connectivity index (χ2n) is 9.58. The molecule has 6 heteroatoms. The van der Waals surface area contributed by atoms with Crippen LogP contribution < -0.4 is 5.30 Å². The van der Waals surface area contributed by atoms with Crippen molar-refractivity contribution in [1.82, 2.24) is 0 Å². The first kappa shape index (κ1) is 27.3. The molecule has 0 aliphatic carbocycles. The summed E-state index contributed by atoms with van der Waals surface area (Å²) in [7, 11) is -2.63. The number of ketones is 1. The summed E-state index contributed by atoms with van der Waals surface area (Å²) in [4.78, 5) is 27.3. The highest BCUT2D eigenvalue weighted by molar-refractivity contribution is 7.71. The lowest BCUT2D eigenvalue weighted by Crippen LogP contribution is -2.19. The topological polar surface area (TPSA) is 51.2 Å². The van der Waals surface area contributed by atoms with Crippen molar-refractivity contribution in [2.45, 2.75) is 59.3 Å². The summed E-state index contributed by atoms with van der Waals surface area (Å²) in [6.45, 7) is 12.5. The van der Waals surface area contributed by atoms with Gasteiger partial charge in [0.1, 0.15) is 5.56 Å². The predicted molar refractivity (Wildman–Crippen MR) is 147 cm³/mol. The second kappa shape index (κ2) is 11.2. The van der Waals surface area contributed by atoms with Crippen LogP contribution in [-0.4, -0.2) is 11.3 Å². The van der Waals surface area contributed by atoms with Crippen molar-refractivity contribution < 1.29 is 14.2 Å². The fraction of sp³-hybridized carbons (Fsp3) is 0.310. The summed E-state index contributed by atoms with van der Waals surface area (Å²) in [6, 6.07) is 15.5. The molecular weight excluding hydrogens is 498 g/mol. The SMILES string of the molecule is CC(C)c1cc(C(C)C)c(C(=O)c2ccccc2[P+](=O)C(=O)c2c(Cl)cccc2Cl)c(C(C)C)c1. The molecule has 182 valence electrons. The minimum atomic E-state index is -2.63. The Kier molecular flexibility index (Phi) is 8.70. The largest absolute Gasteiger partial charge is 0.459 e. The summed E-state index contributed by atoms with van der Waals surface area (Å²) in [5, 5.41) is 0.442. The Morgan fingerprint density at radius 1 is 0.714 bits per heavy atom. The number of carbonyl (C=O) groups is 2. The fourth-order valence-electron chi connectivity index (χ4n) is 4.11. The lowest BCUT2D eigenvalue weighted by Gasteiger charge is -2.22. The Bertz CT molecular complexity index is 1260. The normalized spacial score (nSPS) is 11.9. The third-order valence-electron chi connectivity index (χ3n) is 6.09. The van der Waals surface area contributed by atoms with Crippen molar-refractivity contribution in [3.63, 3.8) is 0 Å². The molecule has 1 unspecified atom stereocenters. The maximum Gasteiger partial charge on any atom is 0.459 e. The third kappa shape index (κ3) is 5.59. The molecule has 0 aromatic heterocycles. The molecule has 1 atom stereocenters. The maximum atomic E-state index is 14.1. The Morgan fingerprint density at radius 2 is 1.23 bits per heavy atom. The molecule has 35 heavy (non-hydrogen) atoms. The van der Waals surface area contributed by atoms with Crippen LogP contribution in [-0.2, 0) is 4.57 Å². The van der Waals surface area contributed by atoms with Gasteiger partial charge < -0.3 is 0 Å². The number of hydrogen-bond donors (Lipinski definition) is 0. The van der Waals surface area contributed by atoms with E-state index in [-0.39, 0.29) is 44.1 Å². The van der Waals surface area contributed by atoms with Gasteiger partial charge in [0.25, 0.3) is 0 Å². The van der Waals surface area contributed by atoms with Crippen LogP contribution in [0.1, 0.15) is 102 Å². The average molecular weight is 528 g/mol. The lowest BCUT2D eigenvalue weighted by molar-refractivity contribution is 0.103. The molecule has 0 radical (unpaired) electrons. The third-order valence-corrected chi connectivity index (χ3v) is 8.14. The van der Waals surface area contributed by atoms with E-state index >= 15 is 0 Å². The van der Waals surface area contributed by atoms with Crippen LogP contribution in [0.25, 0.3) is 0 Å². The molecule has 0 saturated carbocycles. The van der Waals surface area contributed by atoms with E-state index in [4.69, 9.17) is 23.2 Å². The van der Waals surface area contributed by atoms with Crippen LogP contribution in [0.4, 0.5) is 0 Å². The van der Waals surface area contributed by atoms with E-state index in [2.05, 4.69) is 53.7 Å². The Hall–Kier alpha value is -2.32. The zero-order valence-electron chi connectivity index (χ0n) is 20.9. The summed E-state index contributed by atoms with van der Waals surface area (Å²) in [6.07, 6.45) is 0. The summed E-state index contributed by atoms with van der Waals surface area (Å²) < 4.78 is 13.5. The molecule has 3 aromatic rings. The summed E-state index contributed by atoms with van der Waals surface area (Å²) in [5.74, 6) is 0.294. The van der Waals surface area contributed by atoms with Crippen LogP contribution in [0.3, 0.4) is 0 Å². The highest BCUT2D eigenvalue weighted by atomic mass is 35.5. The Labute approximate surface area is 218 Å². The number of benzene rings is 3. The lowest BCUT2D eigenvalue weighted by atomic mass is 9.81. The molecule has 0 N–H and O–H groups in total. The van der Waals surface area contributed by atoms with E-state index in [9.17, 15) is 14.2 Å². The average Bonchev–Trinajstić information content (AvgIpc) is 2.81. The van der Waals surface area contributed by atoms with Gasteiger partial charge in [0.2, 0.25) is 5.30 Å². The van der Waals surface area contributed by atoms with Gasteiger partial charge in [-0.25, -0.2) is 4.79 Å². The zero-order valence-corrected chi connectivity index (χ0v) is 23.3. The molecule has 0 heterocycles. The van der Waals surface area contributed by atoms with Gasteiger partial charge in [0, 0.05) is 5.56 Å². The molecule has 3 rings (SSSR count). The minimum absolute atomic E-state index is 0.00576. The van der Waals surface area contributed by atoms with E-state index in [1.807, 2.05) is 0 Å². The van der Waals surface area contributed by atoms with Crippen LogP contribution in [0, 0.1) is 0 Å². The molecule has 0 spiro atoms. The van der Waals surface area contributed by atoms with Crippen molar-refractivity contribution in [1.29, 1.82) is 0 Å². The summed E-state index contributed by atoms with van der Waals surface area (Å²) in [5.41, 5.74) is 3.28. The van der Waals surface area contributed by atoms with Crippen LogP contribution in [0.5, 0.6) is 0 Å². The fourth-order valence-corrected chi connectivity index (χ4v) is 6.09. The van der Waals surface area contributed by atoms with Crippen molar-refractivity contribution in [2.75, 3.05) is 0 Å². The van der Waals surface area contributed by atoms with Gasteiger partial charge in [-0.05, 0) is 58.7 Å². The highest BCUT2D eigenvalue weighted by Crippen LogP contribution is 2.37. The molecule has 0 amide bonds. The standard InChI is InChI=1S/C29H30Cl2O3P/c1-16(2)19-14-21(17(3)4)26(22(15-19)18(5)6)28(32)20-10-7-8-13-25(20)35(34)29(33)27-23(30)11-9-12-24(27)31/h7-18H,1-6H3/q+1. The smallest absolute Gasteiger partial charge is 0.288 e. The van der Waals surface area contributed by atoms with Gasteiger partial charge >= 0.3 is 13.3 Å². The van der Waals surface area contributed by atoms with E-state index in [1.165, 1.54) is 17.7 Å². The second-order valence-corrected chi connectivity index (χ2v) is 11.9. The molecular formula is C29H30Cl2O3P+. The van der Waals surface area contributed by atoms with Gasteiger partial charge in [-0.3, -0.25) is 4.79 Å². The van der Waals surface area contributed by atoms with Crippen LogP contribution in [0.15, 0.2) is 54.6 Å². The maximum absolute atomic E-state index is 14.1. The van der Waals surface area contributed by atoms with E-state index in [0.29, 0.717) is 11.5 Å². The monoisotopic (exact) mass is 527 g/mol. The molecule has 0 aliphatic rings. The zero-order chi connectivity index (χ0) is 26.0. The van der Waals surface area contributed by atoms with Crippen LogP contribution in [0.2, 0.25) is 10.0 Å². The van der Waals surface area contributed by atoms with E-state index < -0.39 is 13.3 Å². The van der Waals surface area contributed by atoms with Gasteiger partial charge in [-0.2, -0.15) is 0 Å². The first-order chi connectivity index (χ1) is 16.5. The predicted octanol–water partition coefficient (Wildman–Crippen LogP) is 8.89. The van der Waals surface area contributed by atoms with Crippen molar-refractivity contribution in [3.05, 3.63) is 98.0 Å². The van der Waals surface area contributed by atoms with Crippen molar-refractivity contribution in [2.24, 2.45) is 0 Å². The first-order valence-corrected chi connectivity index (χ1v) is 13.7. The Morgan fingerprint density at radius 3 is 1.71 bits per heavy atom. The van der Waals surface area contributed by atoms with E-state index in [1.54, 1.807) is 30.3 Å². The van der Waals surface area contributed by atoms with Gasteiger partial charge in [-0.15, -0.1) is 0 Å². The van der Waals surface area contributed by atoms with Crippen LogP contribution >= 0.6 is 31.0 Å². The number of halogens is 2. The highest BCUT2D eigenvalue weighted by Gasteiger charge is 2.39. The Balaban J connectivity index is 2.20. The van der Waals surface area contributed by atoms with Crippen molar-refractivity contribution >= 4 is 47.6 Å². The van der Waals surface area contributed by atoms with E-state index in [0.717, 1.165) is 11.1 Å². The van der Waals surface area contributed by atoms with Gasteiger partial charge in [0.05, 0.1) is 15.6 Å². The molecule has 0 fully saturated rings. The summed E-state index contributed by atoms with van der Waals surface area (Å²) >= 11 is 12.4. The number of hydrogen-bond acceptors (Lipinski definition) is 3.